The number of para-hydroxylation sites is 1. The zero-order valence-electron chi connectivity index (χ0n) is 17.2. The van der Waals surface area contributed by atoms with E-state index in [4.69, 9.17) is 4.74 Å². The van der Waals surface area contributed by atoms with Crippen molar-refractivity contribution in [3.05, 3.63) is 59.7 Å². The maximum absolute atomic E-state index is 14.1. The van der Waals surface area contributed by atoms with Crippen LogP contribution in [-0.4, -0.2) is 50.4 Å². The average Bonchev–Trinajstić information content (AvgIpc) is 3.19. The van der Waals surface area contributed by atoms with Crippen LogP contribution in [0.15, 0.2) is 47.5 Å². The van der Waals surface area contributed by atoms with Crippen molar-refractivity contribution in [1.29, 1.82) is 0 Å². The zero-order valence-corrected chi connectivity index (χ0v) is 17.2. The Morgan fingerprint density at radius 1 is 1.27 bits per heavy atom. The van der Waals surface area contributed by atoms with Gasteiger partial charge in [0.2, 0.25) is 0 Å². The molecule has 1 aliphatic rings. The second-order valence-corrected chi connectivity index (χ2v) is 7.16. The molecule has 30 heavy (non-hydrogen) atoms. The first-order valence-corrected chi connectivity index (χ1v) is 10.1. The standard InChI is InChI=1S/C22H28F2N4O2/c1-3-25-22(26-13-20(29)15-6-4-7-17(12-15)30-2)27-16-10-11-28(14-16)21-18(23)8-5-9-19(21)24/h4-9,12,16,20,29H,3,10-11,13-14H2,1-2H3,(H2,25,26,27). The van der Waals surface area contributed by atoms with Crippen LogP contribution in [0.5, 0.6) is 5.75 Å². The lowest BCUT2D eigenvalue weighted by molar-refractivity contribution is 0.186. The maximum Gasteiger partial charge on any atom is 0.191 e. The molecule has 2 unspecified atom stereocenters. The van der Waals surface area contributed by atoms with Crippen LogP contribution in [0.3, 0.4) is 0 Å². The summed E-state index contributed by atoms with van der Waals surface area (Å²) in [5, 5.41) is 16.9. The highest BCUT2D eigenvalue weighted by molar-refractivity contribution is 5.80. The van der Waals surface area contributed by atoms with E-state index < -0.39 is 17.7 Å². The summed E-state index contributed by atoms with van der Waals surface area (Å²) in [7, 11) is 1.58. The van der Waals surface area contributed by atoms with Crippen molar-refractivity contribution in [3.8, 4) is 5.75 Å². The monoisotopic (exact) mass is 418 g/mol. The number of rotatable bonds is 7. The third-order valence-electron chi connectivity index (χ3n) is 5.03. The Hall–Kier alpha value is -2.87. The highest BCUT2D eigenvalue weighted by Gasteiger charge is 2.27. The summed E-state index contributed by atoms with van der Waals surface area (Å²) in [4.78, 5) is 6.18. The van der Waals surface area contributed by atoms with Gasteiger partial charge in [-0.25, -0.2) is 8.78 Å². The number of aliphatic hydroxyl groups excluding tert-OH is 1. The van der Waals surface area contributed by atoms with Gasteiger partial charge in [0.05, 0.1) is 19.8 Å². The molecular formula is C22H28F2N4O2. The predicted octanol–water partition coefficient (Wildman–Crippen LogP) is 2.84. The highest BCUT2D eigenvalue weighted by Crippen LogP contribution is 2.26. The SMILES string of the molecule is CCNC(=NCC(O)c1cccc(OC)c1)NC1CCN(c2c(F)cccc2F)C1. The number of nitrogens with zero attached hydrogens (tertiary/aromatic N) is 2. The van der Waals surface area contributed by atoms with Gasteiger partial charge in [-0.1, -0.05) is 18.2 Å². The number of benzene rings is 2. The molecule has 2 atom stereocenters. The van der Waals surface area contributed by atoms with Crippen molar-refractivity contribution in [2.24, 2.45) is 4.99 Å². The number of aliphatic imine (C=N–C) groups is 1. The molecule has 1 heterocycles. The molecule has 162 valence electrons. The molecule has 2 aromatic rings. The van der Waals surface area contributed by atoms with Crippen LogP contribution in [-0.2, 0) is 0 Å². The van der Waals surface area contributed by atoms with Gasteiger partial charge in [-0.15, -0.1) is 0 Å². The molecule has 0 aromatic heterocycles. The quantitative estimate of drug-likeness (QED) is 0.477. The summed E-state index contributed by atoms with van der Waals surface area (Å²) in [6.45, 7) is 3.77. The number of anilines is 1. The van der Waals surface area contributed by atoms with Crippen molar-refractivity contribution < 1.29 is 18.6 Å². The van der Waals surface area contributed by atoms with Crippen LogP contribution in [0.2, 0.25) is 0 Å². The summed E-state index contributed by atoms with van der Waals surface area (Å²) < 4.78 is 33.3. The number of hydrogen-bond acceptors (Lipinski definition) is 4. The molecule has 3 rings (SSSR count). The molecule has 6 nitrogen and oxygen atoms in total. The first kappa shape index (κ1) is 21.8. The van der Waals surface area contributed by atoms with Gasteiger partial charge in [-0.2, -0.15) is 0 Å². The topological polar surface area (TPSA) is 69.1 Å². The summed E-state index contributed by atoms with van der Waals surface area (Å²) in [5.41, 5.74) is 0.730. The molecule has 1 aliphatic heterocycles. The Morgan fingerprint density at radius 2 is 2.00 bits per heavy atom. The Balaban J connectivity index is 1.62. The number of ether oxygens (including phenoxy) is 1. The van der Waals surface area contributed by atoms with Crippen molar-refractivity contribution in [1.82, 2.24) is 10.6 Å². The van der Waals surface area contributed by atoms with Gasteiger partial charge in [0.25, 0.3) is 0 Å². The predicted molar refractivity (Wildman–Crippen MR) is 114 cm³/mol. The van der Waals surface area contributed by atoms with Crippen molar-refractivity contribution >= 4 is 11.6 Å². The Morgan fingerprint density at radius 3 is 2.70 bits per heavy atom. The number of methoxy groups -OCH3 is 1. The second kappa shape index (κ2) is 10.2. The third-order valence-corrected chi connectivity index (χ3v) is 5.03. The Labute approximate surface area is 175 Å². The van der Waals surface area contributed by atoms with E-state index in [1.165, 1.54) is 18.2 Å². The fourth-order valence-electron chi connectivity index (χ4n) is 3.52. The fraction of sp³-hybridized carbons (Fsp3) is 0.409. The molecule has 1 saturated heterocycles. The smallest absolute Gasteiger partial charge is 0.191 e. The summed E-state index contributed by atoms with van der Waals surface area (Å²) >= 11 is 0. The number of guanidine groups is 1. The fourth-order valence-corrected chi connectivity index (χ4v) is 3.52. The van der Waals surface area contributed by atoms with Crippen molar-refractivity contribution in [3.63, 3.8) is 0 Å². The minimum absolute atomic E-state index is 0.0113. The summed E-state index contributed by atoms with van der Waals surface area (Å²) in [5.74, 6) is 0.113. The molecule has 8 heteroatoms. The lowest BCUT2D eigenvalue weighted by atomic mass is 10.1. The zero-order chi connectivity index (χ0) is 21.5. The van der Waals surface area contributed by atoms with Gasteiger partial charge >= 0.3 is 0 Å². The van der Waals surface area contributed by atoms with Crippen molar-refractivity contribution in [2.75, 3.05) is 38.2 Å². The molecule has 0 spiro atoms. The van der Waals surface area contributed by atoms with Crippen LogP contribution in [0.25, 0.3) is 0 Å². The summed E-state index contributed by atoms with van der Waals surface area (Å²) in [6, 6.07) is 11.1. The number of hydrogen-bond donors (Lipinski definition) is 3. The normalized spacial score (nSPS) is 17.7. The minimum Gasteiger partial charge on any atom is -0.497 e. The van der Waals surface area contributed by atoms with Crippen LogP contribution < -0.4 is 20.3 Å². The van der Waals surface area contributed by atoms with Crippen LogP contribution in [0.1, 0.15) is 25.0 Å². The Bertz CT molecular complexity index is 858. The van der Waals surface area contributed by atoms with Gasteiger partial charge in [0.1, 0.15) is 23.1 Å². The molecule has 0 amide bonds. The van der Waals surface area contributed by atoms with E-state index >= 15 is 0 Å². The highest BCUT2D eigenvalue weighted by atomic mass is 19.1. The van der Waals surface area contributed by atoms with Gasteiger partial charge in [0, 0.05) is 25.7 Å². The molecule has 2 aromatic carbocycles. The number of halogens is 2. The van der Waals surface area contributed by atoms with E-state index in [-0.39, 0.29) is 18.3 Å². The van der Waals surface area contributed by atoms with Crippen molar-refractivity contribution in [2.45, 2.75) is 25.5 Å². The third kappa shape index (κ3) is 5.38. The molecule has 0 radical (unpaired) electrons. The Kier molecular flexibility index (Phi) is 7.46. The van der Waals surface area contributed by atoms with E-state index in [9.17, 15) is 13.9 Å². The molecule has 3 N–H and O–H groups in total. The van der Waals surface area contributed by atoms with E-state index in [0.29, 0.717) is 31.3 Å². The lowest BCUT2D eigenvalue weighted by Gasteiger charge is -2.21. The average molecular weight is 418 g/mol. The first-order valence-electron chi connectivity index (χ1n) is 10.1. The van der Waals surface area contributed by atoms with E-state index in [1.54, 1.807) is 18.1 Å². The number of nitrogens with one attached hydrogen (secondary N) is 2. The molecular weight excluding hydrogens is 390 g/mol. The first-order chi connectivity index (χ1) is 14.5. The van der Waals surface area contributed by atoms with Crippen LogP contribution >= 0.6 is 0 Å². The molecule has 0 bridgehead atoms. The molecule has 0 aliphatic carbocycles. The van der Waals surface area contributed by atoms with Gasteiger partial charge in [0.15, 0.2) is 5.96 Å². The van der Waals surface area contributed by atoms with Gasteiger partial charge in [-0.05, 0) is 43.2 Å². The van der Waals surface area contributed by atoms with Gasteiger partial charge < -0.3 is 25.4 Å². The van der Waals surface area contributed by atoms with E-state index in [1.807, 2.05) is 25.1 Å². The van der Waals surface area contributed by atoms with Crippen LogP contribution in [0.4, 0.5) is 14.5 Å². The maximum atomic E-state index is 14.1. The second-order valence-electron chi connectivity index (χ2n) is 7.16. The summed E-state index contributed by atoms with van der Waals surface area (Å²) in [6.07, 6.45) is -0.0560. The van der Waals surface area contributed by atoms with E-state index in [2.05, 4.69) is 15.6 Å². The number of aliphatic hydroxyl groups is 1. The molecule has 0 saturated carbocycles. The molecule has 1 fully saturated rings. The van der Waals surface area contributed by atoms with Crippen LogP contribution in [0, 0.1) is 11.6 Å². The van der Waals surface area contributed by atoms with Gasteiger partial charge in [-0.3, -0.25) is 4.99 Å². The van der Waals surface area contributed by atoms with E-state index in [0.717, 1.165) is 12.0 Å². The largest absolute Gasteiger partial charge is 0.497 e. The minimum atomic E-state index is -0.775. The lowest BCUT2D eigenvalue weighted by Crippen LogP contribution is -2.45.